The molecule has 1 aliphatic heterocycles. The monoisotopic (exact) mass is 406 g/mol. The molecule has 8 heteroatoms. The first-order chi connectivity index (χ1) is 14.2. The van der Waals surface area contributed by atoms with E-state index in [1.165, 1.54) is 0 Å². The van der Waals surface area contributed by atoms with Crippen LogP contribution in [0.3, 0.4) is 0 Å². The van der Waals surface area contributed by atoms with Crippen molar-refractivity contribution in [2.45, 2.75) is 32.5 Å². The predicted molar refractivity (Wildman–Crippen MR) is 110 cm³/mol. The Morgan fingerprint density at radius 3 is 2.83 bits per heavy atom. The molecule has 1 amide bonds. The Labute approximate surface area is 172 Å². The number of carbonyl (C=O) groups excluding carboxylic acids is 1. The van der Waals surface area contributed by atoms with Gasteiger partial charge in [-0.05, 0) is 36.2 Å². The first-order valence-electron chi connectivity index (χ1n) is 9.55. The topological polar surface area (TPSA) is 79.7 Å². The van der Waals surface area contributed by atoms with Crippen molar-refractivity contribution in [3.8, 4) is 0 Å². The first kappa shape index (κ1) is 17.9. The molecular formula is C21H19ClN6O. The minimum absolute atomic E-state index is 0.0320. The number of aromatic nitrogens is 5. The summed E-state index contributed by atoms with van der Waals surface area (Å²) in [6.45, 7) is 3.25. The summed E-state index contributed by atoms with van der Waals surface area (Å²) in [6, 6.07) is 13.6. The summed E-state index contributed by atoms with van der Waals surface area (Å²) in [5, 5.41) is 15.9. The summed E-state index contributed by atoms with van der Waals surface area (Å²) >= 11 is 6.42. The van der Waals surface area contributed by atoms with Gasteiger partial charge in [-0.2, -0.15) is 20.5 Å². The molecule has 7 nitrogen and oxygen atoms in total. The first-order valence-corrected chi connectivity index (χ1v) is 9.93. The fourth-order valence-electron chi connectivity index (χ4n) is 4.08. The highest BCUT2D eigenvalue weighted by Crippen LogP contribution is 2.38. The Morgan fingerprint density at radius 1 is 1.14 bits per heavy atom. The number of hydrogen-bond acceptors (Lipinski definition) is 4. The zero-order chi connectivity index (χ0) is 20.0. The maximum absolute atomic E-state index is 13.2. The van der Waals surface area contributed by atoms with Crippen LogP contribution in [0.4, 0.5) is 0 Å². The Hall–Kier alpha value is -3.19. The second-order valence-electron chi connectivity index (χ2n) is 7.14. The van der Waals surface area contributed by atoms with Gasteiger partial charge in [0.2, 0.25) is 0 Å². The number of benzene rings is 2. The third-order valence-electron chi connectivity index (χ3n) is 5.50. The molecule has 0 spiro atoms. The summed E-state index contributed by atoms with van der Waals surface area (Å²) in [6.07, 6.45) is 2.29. The summed E-state index contributed by atoms with van der Waals surface area (Å²) in [7, 11) is 0. The maximum Gasteiger partial charge on any atom is 0.255 e. The number of nitrogens with zero attached hydrogens (tertiary/aromatic N) is 5. The molecule has 2 aromatic heterocycles. The van der Waals surface area contributed by atoms with Crippen LogP contribution in [0.5, 0.6) is 0 Å². The van der Waals surface area contributed by atoms with E-state index in [1.807, 2.05) is 59.0 Å². The van der Waals surface area contributed by atoms with Crippen molar-refractivity contribution < 1.29 is 4.79 Å². The minimum atomic E-state index is -0.105. The lowest BCUT2D eigenvalue weighted by Gasteiger charge is -2.26. The van der Waals surface area contributed by atoms with E-state index in [2.05, 4.69) is 20.5 Å². The number of halogens is 1. The Kier molecular flexibility index (Phi) is 4.32. The molecule has 5 rings (SSSR count). The fourth-order valence-corrected chi connectivity index (χ4v) is 4.29. The average Bonchev–Trinajstić information content (AvgIpc) is 3.41. The highest BCUT2D eigenvalue weighted by atomic mass is 35.5. The quantitative estimate of drug-likeness (QED) is 0.547. The SMILES string of the molecule is CCn1ncc(Cl)c1CC1c2ccccc2C(=O)N1Cc1ccc2n[nH]nc2c1. The van der Waals surface area contributed by atoms with Crippen LogP contribution in [0, 0.1) is 0 Å². The number of rotatable bonds is 5. The minimum Gasteiger partial charge on any atom is -0.327 e. The van der Waals surface area contributed by atoms with Gasteiger partial charge in [0.15, 0.2) is 0 Å². The number of H-pyrrole nitrogens is 1. The zero-order valence-electron chi connectivity index (χ0n) is 15.8. The number of fused-ring (bicyclic) bond motifs is 2. The van der Waals surface area contributed by atoms with Gasteiger partial charge in [-0.25, -0.2) is 0 Å². The normalized spacial score (nSPS) is 16.0. The summed E-state index contributed by atoms with van der Waals surface area (Å²) in [5.41, 5.74) is 5.32. The molecule has 0 saturated heterocycles. The predicted octanol–water partition coefficient (Wildman–Crippen LogP) is 3.77. The van der Waals surface area contributed by atoms with Crippen molar-refractivity contribution in [2.75, 3.05) is 0 Å². The Morgan fingerprint density at radius 2 is 1.97 bits per heavy atom. The van der Waals surface area contributed by atoms with Gasteiger partial charge in [-0.3, -0.25) is 9.48 Å². The van der Waals surface area contributed by atoms with Crippen molar-refractivity contribution in [1.29, 1.82) is 0 Å². The van der Waals surface area contributed by atoms with Gasteiger partial charge in [0.25, 0.3) is 5.91 Å². The third kappa shape index (κ3) is 2.98. The van der Waals surface area contributed by atoms with E-state index in [0.29, 0.717) is 18.0 Å². The van der Waals surface area contributed by atoms with E-state index in [0.717, 1.165) is 40.0 Å². The van der Waals surface area contributed by atoms with Crippen molar-refractivity contribution >= 4 is 28.5 Å². The number of aryl methyl sites for hydroxylation is 1. The molecule has 0 bridgehead atoms. The molecule has 0 saturated carbocycles. The van der Waals surface area contributed by atoms with Gasteiger partial charge in [-0.1, -0.05) is 35.9 Å². The van der Waals surface area contributed by atoms with Crippen molar-refractivity contribution in [3.63, 3.8) is 0 Å². The summed E-state index contributed by atoms with van der Waals surface area (Å²) in [4.78, 5) is 15.1. The molecule has 1 atom stereocenters. The third-order valence-corrected chi connectivity index (χ3v) is 5.82. The van der Waals surface area contributed by atoms with Crippen LogP contribution in [-0.2, 0) is 19.5 Å². The Bertz CT molecular complexity index is 1210. The van der Waals surface area contributed by atoms with E-state index in [1.54, 1.807) is 6.20 Å². The number of hydrogen-bond donors (Lipinski definition) is 1. The molecule has 146 valence electrons. The van der Waals surface area contributed by atoms with Crippen molar-refractivity contribution in [1.82, 2.24) is 30.1 Å². The second kappa shape index (κ2) is 7.00. The lowest BCUT2D eigenvalue weighted by atomic mass is 10.0. The van der Waals surface area contributed by atoms with E-state index in [-0.39, 0.29) is 11.9 Å². The molecule has 0 aliphatic carbocycles. The largest absolute Gasteiger partial charge is 0.327 e. The average molecular weight is 407 g/mol. The number of amides is 1. The molecule has 0 radical (unpaired) electrons. The summed E-state index contributed by atoms with van der Waals surface area (Å²) in [5.74, 6) is 0.0320. The molecule has 1 aliphatic rings. The van der Waals surface area contributed by atoms with Gasteiger partial charge < -0.3 is 4.90 Å². The van der Waals surface area contributed by atoms with Crippen LogP contribution in [-0.4, -0.2) is 36.0 Å². The van der Waals surface area contributed by atoms with E-state index >= 15 is 0 Å². The van der Waals surface area contributed by atoms with Crippen LogP contribution < -0.4 is 0 Å². The van der Waals surface area contributed by atoms with Gasteiger partial charge in [0.05, 0.1) is 23.0 Å². The molecule has 29 heavy (non-hydrogen) atoms. The van der Waals surface area contributed by atoms with Crippen LogP contribution in [0.25, 0.3) is 11.0 Å². The highest BCUT2D eigenvalue weighted by molar-refractivity contribution is 6.31. The summed E-state index contributed by atoms with van der Waals surface area (Å²) < 4.78 is 1.90. The number of nitrogens with one attached hydrogen (secondary N) is 1. The maximum atomic E-state index is 13.2. The fraction of sp³-hybridized carbons (Fsp3) is 0.238. The molecule has 2 aromatic carbocycles. The highest BCUT2D eigenvalue weighted by Gasteiger charge is 2.37. The van der Waals surface area contributed by atoms with E-state index in [9.17, 15) is 4.79 Å². The van der Waals surface area contributed by atoms with Crippen LogP contribution in [0.2, 0.25) is 5.02 Å². The number of carbonyl (C=O) groups is 1. The van der Waals surface area contributed by atoms with Crippen LogP contribution in [0.15, 0.2) is 48.7 Å². The molecule has 3 heterocycles. The lowest BCUT2D eigenvalue weighted by molar-refractivity contribution is 0.0707. The second-order valence-corrected chi connectivity index (χ2v) is 7.55. The standard InChI is InChI=1S/C21H19ClN6O/c1-2-28-20(16(22)11-23-28)10-19-14-5-3-4-6-15(14)21(29)27(19)12-13-7-8-17-18(9-13)25-26-24-17/h3-9,11,19H,2,10,12H2,1H3,(H,24,25,26). The van der Waals surface area contributed by atoms with E-state index in [4.69, 9.17) is 11.6 Å². The smallest absolute Gasteiger partial charge is 0.255 e. The molecule has 1 N–H and O–H groups in total. The zero-order valence-corrected chi connectivity index (χ0v) is 16.6. The van der Waals surface area contributed by atoms with Crippen LogP contribution >= 0.6 is 11.6 Å². The van der Waals surface area contributed by atoms with Crippen LogP contribution in [0.1, 0.15) is 40.1 Å². The molecule has 1 unspecified atom stereocenters. The molecular weight excluding hydrogens is 388 g/mol. The lowest BCUT2D eigenvalue weighted by Crippen LogP contribution is -2.29. The van der Waals surface area contributed by atoms with Gasteiger partial charge in [-0.15, -0.1) is 0 Å². The van der Waals surface area contributed by atoms with Crippen molar-refractivity contribution in [3.05, 3.63) is 76.1 Å². The Balaban J connectivity index is 1.53. The van der Waals surface area contributed by atoms with Gasteiger partial charge in [0, 0.05) is 25.1 Å². The molecule has 4 aromatic rings. The number of aromatic amines is 1. The molecule has 0 fully saturated rings. The van der Waals surface area contributed by atoms with Gasteiger partial charge in [0.1, 0.15) is 11.0 Å². The van der Waals surface area contributed by atoms with Gasteiger partial charge >= 0.3 is 0 Å². The van der Waals surface area contributed by atoms with E-state index < -0.39 is 0 Å². The van der Waals surface area contributed by atoms with Crippen molar-refractivity contribution in [2.24, 2.45) is 0 Å².